The van der Waals surface area contributed by atoms with Crippen molar-refractivity contribution in [3.8, 4) is 11.3 Å². The average Bonchev–Trinajstić information content (AvgIpc) is 2.92. The Hall–Kier alpha value is -2.45. The van der Waals surface area contributed by atoms with Crippen LogP contribution in [-0.4, -0.2) is 20.4 Å². The number of carbonyl (C=O) groups excluding carboxylic acids is 1. The SMILES string of the molecule is CN(C)c1c(C(F)(F)F)cc(-c2ccc(C=O)o2)cc1C(F)(F)F. The van der Waals surface area contributed by atoms with E-state index in [9.17, 15) is 31.1 Å². The summed E-state index contributed by atoms with van der Waals surface area (Å²) in [5, 5.41) is 0. The molecule has 0 radical (unpaired) electrons. The minimum atomic E-state index is -5.00. The summed E-state index contributed by atoms with van der Waals surface area (Å²) in [7, 11) is 2.19. The first-order valence-corrected chi connectivity index (χ1v) is 6.50. The van der Waals surface area contributed by atoms with Gasteiger partial charge in [0.05, 0.1) is 16.8 Å². The minimum Gasteiger partial charge on any atom is -0.453 e. The molecule has 0 aliphatic heterocycles. The first-order valence-electron chi connectivity index (χ1n) is 6.50. The number of halogens is 6. The Kier molecular flexibility index (Phi) is 4.38. The first kappa shape index (κ1) is 17.9. The monoisotopic (exact) mass is 351 g/mol. The third-order valence-electron chi connectivity index (χ3n) is 3.20. The summed E-state index contributed by atoms with van der Waals surface area (Å²) >= 11 is 0. The van der Waals surface area contributed by atoms with E-state index in [2.05, 4.69) is 0 Å². The summed E-state index contributed by atoms with van der Waals surface area (Å²) in [5.41, 5.74) is -4.29. The molecule has 1 aromatic carbocycles. The van der Waals surface area contributed by atoms with Crippen molar-refractivity contribution in [1.29, 1.82) is 0 Å². The fourth-order valence-electron chi connectivity index (χ4n) is 2.26. The van der Waals surface area contributed by atoms with Gasteiger partial charge in [0.25, 0.3) is 0 Å². The van der Waals surface area contributed by atoms with Crippen molar-refractivity contribution < 1.29 is 35.6 Å². The maximum absolute atomic E-state index is 13.3. The van der Waals surface area contributed by atoms with Gasteiger partial charge in [-0.3, -0.25) is 4.79 Å². The number of hydrogen-bond acceptors (Lipinski definition) is 3. The lowest BCUT2D eigenvalue weighted by molar-refractivity contribution is -0.142. The summed E-state index contributed by atoms with van der Waals surface area (Å²) in [6, 6.07) is 3.42. The molecule has 0 unspecified atom stereocenters. The van der Waals surface area contributed by atoms with E-state index < -0.39 is 34.7 Å². The Bertz CT molecular complexity index is 723. The van der Waals surface area contributed by atoms with Crippen LogP contribution in [0, 0.1) is 0 Å². The van der Waals surface area contributed by atoms with E-state index in [1.807, 2.05) is 0 Å². The Balaban J connectivity index is 2.82. The quantitative estimate of drug-likeness (QED) is 0.585. The van der Waals surface area contributed by atoms with E-state index in [4.69, 9.17) is 4.42 Å². The molecule has 130 valence electrons. The van der Waals surface area contributed by atoms with E-state index in [-0.39, 0.29) is 11.5 Å². The Morgan fingerprint density at radius 1 is 0.958 bits per heavy atom. The largest absolute Gasteiger partial charge is 0.453 e. The summed E-state index contributed by atoms with van der Waals surface area (Å²) in [6.45, 7) is 0. The van der Waals surface area contributed by atoms with Crippen LogP contribution >= 0.6 is 0 Å². The number of aldehydes is 1. The molecule has 0 aliphatic rings. The standard InChI is InChI=1S/C15H11F6NO2/c1-22(2)13-10(14(16,17)18)5-8(6-11(13)15(19,20)21)12-4-3-9(7-23)24-12/h3-7H,1-2H3. The maximum atomic E-state index is 13.3. The van der Waals surface area contributed by atoms with E-state index in [1.165, 1.54) is 0 Å². The van der Waals surface area contributed by atoms with Gasteiger partial charge in [0.15, 0.2) is 12.0 Å². The molecule has 0 spiro atoms. The zero-order chi connectivity index (χ0) is 18.3. The van der Waals surface area contributed by atoms with E-state index in [0.717, 1.165) is 31.1 Å². The number of hydrogen-bond donors (Lipinski definition) is 0. The predicted molar refractivity (Wildman–Crippen MR) is 73.9 cm³/mol. The van der Waals surface area contributed by atoms with Crippen LogP contribution in [0.1, 0.15) is 21.7 Å². The topological polar surface area (TPSA) is 33.5 Å². The lowest BCUT2D eigenvalue weighted by Gasteiger charge is -2.25. The molecule has 1 aromatic heterocycles. The average molecular weight is 351 g/mol. The normalized spacial score (nSPS) is 12.3. The first-order chi connectivity index (χ1) is 10.9. The third-order valence-corrected chi connectivity index (χ3v) is 3.20. The van der Waals surface area contributed by atoms with Gasteiger partial charge >= 0.3 is 12.4 Å². The van der Waals surface area contributed by atoms with Gasteiger partial charge in [0, 0.05) is 19.7 Å². The van der Waals surface area contributed by atoms with Crippen molar-refractivity contribution in [3.05, 3.63) is 41.2 Å². The zero-order valence-electron chi connectivity index (χ0n) is 12.4. The van der Waals surface area contributed by atoms with Crippen LogP contribution < -0.4 is 4.90 Å². The van der Waals surface area contributed by atoms with Gasteiger partial charge in [-0.15, -0.1) is 0 Å². The smallest absolute Gasteiger partial charge is 0.418 e. The second-order valence-electron chi connectivity index (χ2n) is 5.13. The molecule has 0 aliphatic carbocycles. The molecular formula is C15H11F6NO2. The van der Waals surface area contributed by atoms with Crippen LogP contribution in [0.3, 0.4) is 0 Å². The van der Waals surface area contributed by atoms with Crippen molar-refractivity contribution in [2.24, 2.45) is 0 Å². The van der Waals surface area contributed by atoms with Gasteiger partial charge in [-0.1, -0.05) is 0 Å². The Morgan fingerprint density at radius 2 is 1.46 bits per heavy atom. The molecule has 0 amide bonds. The summed E-state index contributed by atoms with van der Waals surface area (Å²) in [5.74, 6) is -0.470. The molecule has 3 nitrogen and oxygen atoms in total. The van der Waals surface area contributed by atoms with Crippen LogP contribution in [0.4, 0.5) is 32.0 Å². The van der Waals surface area contributed by atoms with Gasteiger partial charge < -0.3 is 9.32 Å². The van der Waals surface area contributed by atoms with Crippen LogP contribution in [0.2, 0.25) is 0 Å². The maximum Gasteiger partial charge on any atom is 0.418 e. The van der Waals surface area contributed by atoms with Crippen molar-refractivity contribution in [3.63, 3.8) is 0 Å². The van der Waals surface area contributed by atoms with Crippen LogP contribution in [0.25, 0.3) is 11.3 Å². The minimum absolute atomic E-state index is 0.205. The lowest BCUT2D eigenvalue weighted by Crippen LogP contribution is -2.22. The number of carbonyl (C=O) groups is 1. The van der Waals surface area contributed by atoms with Gasteiger partial charge in [-0.2, -0.15) is 26.3 Å². The highest BCUT2D eigenvalue weighted by Gasteiger charge is 2.42. The van der Waals surface area contributed by atoms with Crippen molar-refractivity contribution in [1.82, 2.24) is 0 Å². The summed E-state index contributed by atoms with van der Waals surface area (Å²) in [4.78, 5) is 11.3. The van der Waals surface area contributed by atoms with Crippen LogP contribution in [0.5, 0.6) is 0 Å². The lowest BCUT2D eigenvalue weighted by atomic mass is 9.99. The molecule has 0 N–H and O–H groups in total. The van der Waals surface area contributed by atoms with Gasteiger partial charge in [0.2, 0.25) is 0 Å². The van der Waals surface area contributed by atoms with Gasteiger partial charge in [-0.05, 0) is 24.3 Å². The van der Waals surface area contributed by atoms with E-state index in [0.29, 0.717) is 18.4 Å². The number of anilines is 1. The fourth-order valence-corrected chi connectivity index (χ4v) is 2.26. The molecule has 0 saturated heterocycles. The second-order valence-corrected chi connectivity index (χ2v) is 5.13. The van der Waals surface area contributed by atoms with Gasteiger partial charge in [0.1, 0.15) is 5.76 Å². The molecule has 2 aromatic rings. The number of alkyl halides is 6. The number of furan rings is 1. The molecule has 9 heteroatoms. The van der Waals surface area contributed by atoms with E-state index in [1.54, 1.807) is 0 Å². The fraction of sp³-hybridized carbons (Fsp3) is 0.267. The number of nitrogens with zero attached hydrogens (tertiary/aromatic N) is 1. The van der Waals surface area contributed by atoms with Gasteiger partial charge in [-0.25, -0.2) is 0 Å². The highest BCUT2D eigenvalue weighted by Crippen LogP contribution is 2.46. The van der Waals surface area contributed by atoms with Crippen molar-refractivity contribution >= 4 is 12.0 Å². The molecule has 0 atom stereocenters. The predicted octanol–water partition coefficient (Wildman–Crippen LogP) is 4.86. The molecule has 1 heterocycles. The molecule has 0 fully saturated rings. The zero-order valence-corrected chi connectivity index (χ0v) is 12.4. The Morgan fingerprint density at radius 3 is 1.79 bits per heavy atom. The van der Waals surface area contributed by atoms with Crippen molar-refractivity contribution in [2.45, 2.75) is 12.4 Å². The summed E-state index contributed by atoms with van der Waals surface area (Å²) < 4.78 is 84.5. The second kappa shape index (κ2) is 5.88. The highest BCUT2D eigenvalue weighted by atomic mass is 19.4. The highest BCUT2D eigenvalue weighted by molar-refractivity contribution is 5.75. The Labute approximate surface area is 132 Å². The number of rotatable bonds is 3. The van der Waals surface area contributed by atoms with E-state index >= 15 is 0 Å². The number of benzene rings is 1. The van der Waals surface area contributed by atoms with Crippen molar-refractivity contribution in [2.75, 3.05) is 19.0 Å². The summed E-state index contributed by atoms with van der Waals surface area (Å²) in [6.07, 6.45) is -9.71. The molecular weight excluding hydrogens is 340 g/mol. The molecule has 2 rings (SSSR count). The third kappa shape index (κ3) is 3.39. The molecule has 0 saturated carbocycles. The molecule has 24 heavy (non-hydrogen) atoms. The van der Waals surface area contributed by atoms with Crippen LogP contribution in [-0.2, 0) is 12.4 Å². The molecule has 0 bridgehead atoms. The van der Waals surface area contributed by atoms with Crippen LogP contribution in [0.15, 0.2) is 28.7 Å².